The maximum atomic E-state index is 13.6. The Morgan fingerprint density at radius 1 is 1.00 bits per heavy atom. The molecule has 4 aromatic rings. The van der Waals surface area contributed by atoms with Crippen LogP contribution in [0.3, 0.4) is 0 Å². The third-order valence-electron chi connectivity index (χ3n) is 7.31. The lowest BCUT2D eigenvalue weighted by atomic mass is 9.88. The van der Waals surface area contributed by atoms with Gasteiger partial charge in [-0.15, -0.1) is 0 Å². The summed E-state index contributed by atoms with van der Waals surface area (Å²) in [5.74, 6) is 0.695. The quantitative estimate of drug-likeness (QED) is 0.332. The van der Waals surface area contributed by atoms with Gasteiger partial charge in [0.2, 0.25) is 5.91 Å². The molecule has 9 heteroatoms. The van der Waals surface area contributed by atoms with Gasteiger partial charge in [0.1, 0.15) is 29.4 Å². The Morgan fingerprint density at radius 3 is 2.48 bits per heavy atom. The van der Waals surface area contributed by atoms with Crippen molar-refractivity contribution in [1.29, 1.82) is 0 Å². The van der Waals surface area contributed by atoms with Gasteiger partial charge >= 0.3 is 5.63 Å². The summed E-state index contributed by atoms with van der Waals surface area (Å²) in [6.07, 6.45) is 0.462. The minimum atomic E-state index is -1.02. The average molecular weight is 541 g/mol. The molecule has 0 spiro atoms. The van der Waals surface area contributed by atoms with Crippen molar-refractivity contribution in [1.82, 2.24) is 4.90 Å². The second-order valence-corrected chi connectivity index (χ2v) is 9.76. The lowest BCUT2D eigenvalue weighted by Crippen LogP contribution is -2.35. The molecule has 0 saturated carbocycles. The molecule has 2 aliphatic rings. The van der Waals surface area contributed by atoms with Crippen LogP contribution in [0, 0.1) is 0 Å². The largest absolute Gasteiger partial charge is 0.497 e. The van der Waals surface area contributed by atoms with Crippen molar-refractivity contribution in [3.8, 4) is 17.2 Å². The summed E-state index contributed by atoms with van der Waals surface area (Å²) in [6, 6.07) is 21.3. The number of nitrogens with zero attached hydrogens (tertiary/aromatic N) is 1. The number of carbonyl (C=O) groups is 2. The number of para-hydroxylation sites is 1. The summed E-state index contributed by atoms with van der Waals surface area (Å²) in [7, 11) is 1.57. The van der Waals surface area contributed by atoms with E-state index in [4.69, 9.17) is 18.6 Å². The molecular weight excluding hydrogens is 512 g/mol. The summed E-state index contributed by atoms with van der Waals surface area (Å²) in [5, 5.41) is 3.52. The van der Waals surface area contributed by atoms with Crippen LogP contribution in [0.5, 0.6) is 17.2 Å². The monoisotopic (exact) mass is 540 g/mol. The molecule has 40 heavy (non-hydrogen) atoms. The smallest absolute Gasteiger partial charge is 0.344 e. The molecule has 2 aliphatic heterocycles. The molecule has 0 radical (unpaired) electrons. The molecule has 204 valence electrons. The van der Waals surface area contributed by atoms with Gasteiger partial charge in [0.25, 0.3) is 5.91 Å². The number of rotatable bonds is 8. The van der Waals surface area contributed by atoms with E-state index in [0.29, 0.717) is 64.6 Å². The normalized spacial score (nSPS) is 17.9. The lowest BCUT2D eigenvalue weighted by Gasteiger charge is -2.19. The summed E-state index contributed by atoms with van der Waals surface area (Å²) in [5.41, 5.74) is 1.42. The Hall–Kier alpha value is -4.79. The second-order valence-electron chi connectivity index (χ2n) is 9.76. The number of carbonyl (C=O) groups excluding carboxylic acids is 2. The molecule has 0 bridgehead atoms. The molecule has 2 unspecified atom stereocenters. The van der Waals surface area contributed by atoms with Gasteiger partial charge < -0.3 is 28.8 Å². The number of anilines is 1. The van der Waals surface area contributed by atoms with E-state index in [0.717, 1.165) is 13.0 Å². The van der Waals surface area contributed by atoms with Crippen LogP contribution in [0.25, 0.3) is 11.0 Å². The van der Waals surface area contributed by atoms with Crippen LogP contribution in [0.1, 0.15) is 29.9 Å². The van der Waals surface area contributed by atoms with Gasteiger partial charge in [-0.1, -0.05) is 24.3 Å². The van der Waals surface area contributed by atoms with E-state index in [1.165, 1.54) is 0 Å². The number of benzene rings is 3. The first-order valence-electron chi connectivity index (χ1n) is 13.2. The third kappa shape index (κ3) is 4.86. The molecule has 9 nitrogen and oxygen atoms in total. The number of amides is 2. The van der Waals surface area contributed by atoms with Gasteiger partial charge in [-0.2, -0.15) is 0 Å². The third-order valence-corrected chi connectivity index (χ3v) is 7.31. The van der Waals surface area contributed by atoms with E-state index >= 15 is 0 Å². The SMILES string of the molecule is COc1ccc(NC(=O)C2Oc3c(c(=O)oc4ccccc34)C2c2ccc(OCCN3CCCC3=O)cc2)cc1. The maximum Gasteiger partial charge on any atom is 0.344 e. The molecule has 3 heterocycles. The van der Waals surface area contributed by atoms with Crippen molar-refractivity contribution in [2.75, 3.05) is 32.1 Å². The van der Waals surface area contributed by atoms with Crippen molar-refractivity contribution in [3.63, 3.8) is 0 Å². The Kier molecular flexibility index (Phi) is 6.86. The lowest BCUT2D eigenvalue weighted by molar-refractivity contribution is -0.128. The molecule has 1 saturated heterocycles. The van der Waals surface area contributed by atoms with Gasteiger partial charge in [-0.3, -0.25) is 9.59 Å². The highest BCUT2D eigenvalue weighted by molar-refractivity contribution is 5.97. The van der Waals surface area contributed by atoms with Crippen molar-refractivity contribution in [2.45, 2.75) is 24.9 Å². The van der Waals surface area contributed by atoms with Crippen LogP contribution in [0.15, 0.2) is 82.0 Å². The van der Waals surface area contributed by atoms with Crippen molar-refractivity contribution >= 4 is 28.5 Å². The highest BCUT2D eigenvalue weighted by Crippen LogP contribution is 2.44. The number of methoxy groups -OCH3 is 1. The predicted molar refractivity (Wildman–Crippen MR) is 148 cm³/mol. The maximum absolute atomic E-state index is 13.6. The average Bonchev–Trinajstić information content (AvgIpc) is 3.58. The van der Waals surface area contributed by atoms with Crippen LogP contribution >= 0.6 is 0 Å². The molecule has 0 aliphatic carbocycles. The molecule has 3 aromatic carbocycles. The van der Waals surface area contributed by atoms with Gasteiger partial charge in [-0.25, -0.2) is 4.79 Å². The Bertz CT molecular complexity index is 1610. The van der Waals surface area contributed by atoms with Crippen LogP contribution in [0.4, 0.5) is 5.69 Å². The second kappa shape index (κ2) is 10.8. The fraction of sp³-hybridized carbons (Fsp3) is 0.258. The zero-order valence-corrected chi connectivity index (χ0v) is 21.9. The molecule has 1 aromatic heterocycles. The van der Waals surface area contributed by atoms with Gasteiger partial charge in [0.15, 0.2) is 6.10 Å². The number of likely N-dealkylation sites (tertiary alicyclic amines) is 1. The predicted octanol–water partition coefficient (Wildman–Crippen LogP) is 4.33. The van der Waals surface area contributed by atoms with Gasteiger partial charge in [-0.05, 0) is 60.5 Å². The van der Waals surface area contributed by atoms with E-state index in [1.54, 1.807) is 66.6 Å². The molecule has 2 amide bonds. The topological polar surface area (TPSA) is 107 Å². The summed E-state index contributed by atoms with van der Waals surface area (Å²) >= 11 is 0. The Morgan fingerprint density at radius 2 is 1.75 bits per heavy atom. The van der Waals surface area contributed by atoms with Crippen molar-refractivity contribution in [2.24, 2.45) is 0 Å². The van der Waals surface area contributed by atoms with Crippen molar-refractivity contribution in [3.05, 3.63) is 94.3 Å². The molecule has 6 rings (SSSR count). The first kappa shape index (κ1) is 25.5. The van der Waals surface area contributed by atoms with E-state index in [-0.39, 0.29) is 5.91 Å². The first-order valence-corrected chi connectivity index (χ1v) is 13.2. The zero-order valence-electron chi connectivity index (χ0n) is 21.9. The minimum absolute atomic E-state index is 0.157. The number of fused-ring (bicyclic) bond motifs is 3. The number of nitrogens with one attached hydrogen (secondary N) is 1. The molecule has 1 fully saturated rings. The van der Waals surface area contributed by atoms with E-state index in [2.05, 4.69) is 5.32 Å². The van der Waals surface area contributed by atoms with E-state index in [1.807, 2.05) is 18.2 Å². The number of ether oxygens (including phenoxy) is 3. The first-order chi connectivity index (χ1) is 19.5. The Labute approximate surface area is 230 Å². The summed E-state index contributed by atoms with van der Waals surface area (Å²) in [4.78, 5) is 40.4. The summed E-state index contributed by atoms with van der Waals surface area (Å²) in [6.45, 7) is 1.68. The van der Waals surface area contributed by atoms with Crippen LogP contribution in [-0.2, 0) is 9.59 Å². The highest BCUT2D eigenvalue weighted by Gasteiger charge is 2.44. The van der Waals surface area contributed by atoms with Crippen LogP contribution in [-0.4, -0.2) is 49.6 Å². The standard InChI is InChI=1S/C31H28N2O7/c1-37-21-14-10-20(11-15-21)32-30(35)29-26(27-28(40-29)23-5-2-3-6-24(23)39-31(27)36)19-8-12-22(13-9-19)38-18-17-33-16-4-7-25(33)34/h2-3,5-6,8-15,26,29H,4,7,16-18H2,1H3,(H,32,35). The van der Waals surface area contributed by atoms with E-state index in [9.17, 15) is 14.4 Å². The fourth-order valence-electron chi connectivity index (χ4n) is 5.30. The van der Waals surface area contributed by atoms with Crippen LogP contribution in [0.2, 0.25) is 0 Å². The fourth-order valence-corrected chi connectivity index (χ4v) is 5.30. The number of hydrogen-bond donors (Lipinski definition) is 1. The molecule has 2 atom stereocenters. The molecular formula is C31H28N2O7. The molecule has 1 N–H and O–H groups in total. The number of hydrogen-bond acceptors (Lipinski definition) is 7. The minimum Gasteiger partial charge on any atom is -0.497 e. The van der Waals surface area contributed by atoms with E-state index < -0.39 is 23.6 Å². The van der Waals surface area contributed by atoms with Gasteiger partial charge in [0.05, 0.1) is 30.5 Å². The Balaban J connectivity index is 1.29. The highest BCUT2D eigenvalue weighted by atomic mass is 16.5. The van der Waals surface area contributed by atoms with Crippen LogP contribution < -0.4 is 25.2 Å². The summed E-state index contributed by atoms with van der Waals surface area (Å²) < 4.78 is 22.9. The van der Waals surface area contributed by atoms with Crippen molar-refractivity contribution < 1.29 is 28.2 Å². The zero-order chi connectivity index (χ0) is 27.6. The van der Waals surface area contributed by atoms with Gasteiger partial charge in [0, 0.05) is 18.7 Å².